The topological polar surface area (TPSA) is 55.2 Å². The third-order valence-corrected chi connectivity index (χ3v) is 3.43. The van der Waals surface area contributed by atoms with E-state index >= 15 is 0 Å². The first kappa shape index (κ1) is 14.8. The summed E-state index contributed by atoms with van der Waals surface area (Å²) in [6, 6.07) is 2.61. The maximum Gasteiger partial charge on any atom is 0.295 e. The van der Waals surface area contributed by atoms with Crippen LogP contribution in [0.5, 0.6) is 0 Å². The van der Waals surface area contributed by atoms with Crippen molar-refractivity contribution in [1.82, 2.24) is 0 Å². The Morgan fingerprint density at radius 3 is 2.72 bits per heavy atom. The zero-order valence-electron chi connectivity index (χ0n) is 10.7. The van der Waals surface area contributed by atoms with Crippen molar-refractivity contribution in [3.63, 3.8) is 0 Å². The number of aryl methyl sites for hydroxylation is 1. The fourth-order valence-electron chi connectivity index (χ4n) is 1.62. The first-order valence-electron chi connectivity index (χ1n) is 5.69. The zero-order chi connectivity index (χ0) is 13.7. The van der Waals surface area contributed by atoms with E-state index in [9.17, 15) is 14.5 Å². The Morgan fingerprint density at radius 1 is 1.56 bits per heavy atom. The molecule has 0 aliphatic heterocycles. The van der Waals surface area contributed by atoms with Crippen LogP contribution < -0.4 is 5.32 Å². The molecule has 0 fully saturated rings. The summed E-state index contributed by atoms with van der Waals surface area (Å²) in [5.74, 6) is 0.300. The average Bonchev–Trinajstić information content (AvgIpc) is 2.32. The first-order valence-corrected chi connectivity index (χ1v) is 7.09. The maximum atomic E-state index is 13.4. The summed E-state index contributed by atoms with van der Waals surface area (Å²) in [7, 11) is 0. The number of hydrogen-bond acceptors (Lipinski definition) is 4. The lowest BCUT2D eigenvalue weighted by molar-refractivity contribution is -0.384. The van der Waals surface area contributed by atoms with Gasteiger partial charge in [-0.05, 0) is 31.2 Å². The van der Waals surface area contributed by atoms with E-state index in [-0.39, 0.29) is 11.7 Å². The Bertz CT molecular complexity index is 440. The maximum absolute atomic E-state index is 13.4. The van der Waals surface area contributed by atoms with Crippen molar-refractivity contribution in [2.45, 2.75) is 26.3 Å². The third-order valence-electron chi connectivity index (χ3n) is 2.69. The molecule has 1 aromatic carbocycles. The molecule has 18 heavy (non-hydrogen) atoms. The largest absolute Gasteiger partial charge is 0.376 e. The molecule has 0 spiro atoms. The van der Waals surface area contributed by atoms with E-state index in [1.54, 1.807) is 18.7 Å². The van der Waals surface area contributed by atoms with E-state index in [0.29, 0.717) is 11.3 Å². The summed E-state index contributed by atoms with van der Waals surface area (Å²) < 4.78 is 13.4. The highest BCUT2D eigenvalue weighted by molar-refractivity contribution is 7.98. The molecule has 0 aliphatic rings. The predicted molar refractivity (Wildman–Crippen MR) is 73.9 cm³/mol. The molecule has 100 valence electrons. The van der Waals surface area contributed by atoms with Crippen LogP contribution in [0.15, 0.2) is 12.1 Å². The normalized spacial score (nSPS) is 12.2. The highest BCUT2D eigenvalue weighted by Gasteiger charge is 2.19. The fraction of sp³-hybridized carbons (Fsp3) is 0.500. The molecule has 0 bridgehead atoms. The number of nitrogens with one attached hydrogen (secondary N) is 1. The van der Waals surface area contributed by atoms with Crippen molar-refractivity contribution < 1.29 is 9.31 Å². The van der Waals surface area contributed by atoms with Gasteiger partial charge in [-0.25, -0.2) is 4.39 Å². The lowest BCUT2D eigenvalue weighted by Gasteiger charge is -2.17. The molecule has 1 rings (SSSR count). The van der Waals surface area contributed by atoms with E-state index in [1.807, 2.05) is 13.2 Å². The molecule has 6 heteroatoms. The van der Waals surface area contributed by atoms with Crippen LogP contribution in [0.3, 0.4) is 0 Å². The number of rotatable bonds is 6. The Balaban J connectivity index is 3.06. The minimum absolute atomic E-state index is 0.142. The van der Waals surface area contributed by atoms with Crippen LogP contribution in [0.2, 0.25) is 0 Å². The van der Waals surface area contributed by atoms with E-state index in [4.69, 9.17) is 0 Å². The number of nitro groups is 1. The number of nitrogens with zero attached hydrogens (tertiary/aromatic N) is 1. The van der Waals surface area contributed by atoms with E-state index in [0.717, 1.165) is 18.2 Å². The van der Waals surface area contributed by atoms with Crippen molar-refractivity contribution in [2.24, 2.45) is 0 Å². The van der Waals surface area contributed by atoms with Crippen molar-refractivity contribution >= 4 is 23.1 Å². The molecule has 0 aromatic heterocycles. The highest BCUT2D eigenvalue weighted by atomic mass is 32.2. The van der Waals surface area contributed by atoms with Crippen LogP contribution in [0, 0.1) is 22.9 Å². The van der Waals surface area contributed by atoms with Crippen LogP contribution in [0.25, 0.3) is 0 Å². The molecule has 1 N–H and O–H groups in total. The van der Waals surface area contributed by atoms with Gasteiger partial charge in [0, 0.05) is 11.8 Å². The van der Waals surface area contributed by atoms with Crippen LogP contribution in [0.4, 0.5) is 15.8 Å². The number of anilines is 1. The van der Waals surface area contributed by atoms with Gasteiger partial charge in [0.2, 0.25) is 0 Å². The molecule has 0 saturated heterocycles. The van der Waals surface area contributed by atoms with Gasteiger partial charge in [-0.15, -0.1) is 0 Å². The van der Waals surface area contributed by atoms with Crippen molar-refractivity contribution in [3.8, 4) is 0 Å². The number of nitro benzene ring substituents is 1. The summed E-state index contributed by atoms with van der Waals surface area (Å²) in [6.45, 7) is 3.61. The van der Waals surface area contributed by atoms with E-state index in [1.165, 1.54) is 6.07 Å². The van der Waals surface area contributed by atoms with Gasteiger partial charge in [-0.3, -0.25) is 10.1 Å². The summed E-state index contributed by atoms with van der Waals surface area (Å²) in [6.07, 6.45) is 2.84. The number of thioether (sulfide) groups is 1. The van der Waals surface area contributed by atoms with Crippen molar-refractivity contribution in [2.75, 3.05) is 17.3 Å². The van der Waals surface area contributed by atoms with Gasteiger partial charge >= 0.3 is 0 Å². The Morgan fingerprint density at radius 2 is 2.22 bits per heavy atom. The number of halogens is 1. The van der Waals surface area contributed by atoms with Crippen molar-refractivity contribution in [1.29, 1.82) is 0 Å². The Hall–Kier alpha value is -1.30. The Labute approximate surface area is 110 Å². The average molecular weight is 272 g/mol. The second-order valence-corrected chi connectivity index (χ2v) is 4.99. The molecule has 0 heterocycles. The van der Waals surface area contributed by atoms with Crippen LogP contribution >= 0.6 is 11.8 Å². The molecule has 4 nitrogen and oxygen atoms in total. The van der Waals surface area contributed by atoms with Crippen molar-refractivity contribution in [3.05, 3.63) is 33.6 Å². The molecule has 1 aromatic rings. The summed E-state index contributed by atoms with van der Waals surface area (Å²) in [5, 5.41) is 14.0. The van der Waals surface area contributed by atoms with Gasteiger partial charge in [-0.1, -0.05) is 6.92 Å². The summed E-state index contributed by atoms with van der Waals surface area (Å²) in [5.41, 5.74) is 0.583. The van der Waals surface area contributed by atoms with Gasteiger partial charge in [-0.2, -0.15) is 11.8 Å². The van der Waals surface area contributed by atoms with Gasteiger partial charge in [0.1, 0.15) is 11.5 Å². The molecular weight excluding hydrogens is 255 g/mol. The highest BCUT2D eigenvalue weighted by Crippen LogP contribution is 2.28. The van der Waals surface area contributed by atoms with Gasteiger partial charge < -0.3 is 5.32 Å². The van der Waals surface area contributed by atoms with Gasteiger partial charge in [0.15, 0.2) is 0 Å². The molecule has 0 aliphatic carbocycles. The molecule has 0 saturated carbocycles. The number of benzene rings is 1. The smallest absolute Gasteiger partial charge is 0.295 e. The second-order valence-electron chi connectivity index (χ2n) is 4.08. The molecule has 0 amide bonds. The van der Waals surface area contributed by atoms with Gasteiger partial charge in [0.05, 0.1) is 11.0 Å². The quantitative estimate of drug-likeness (QED) is 0.635. The third kappa shape index (κ3) is 3.60. The second kappa shape index (κ2) is 6.58. The molecule has 0 radical (unpaired) electrons. The zero-order valence-corrected chi connectivity index (χ0v) is 11.5. The van der Waals surface area contributed by atoms with Crippen LogP contribution in [-0.4, -0.2) is 23.0 Å². The van der Waals surface area contributed by atoms with Crippen LogP contribution in [0.1, 0.15) is 18.9 Å². The standard InChI is InChI=1S/C12H17FN2O2S/c1-4-9(7-18-3)14-11-5-8(2)10(13)6-12(11)15(16)17/h5-6,9,14H,4,7H2,1-3H3. The minimum Gasteiger partial charge on any atom is -0.376 e. The predicted octanol–water partition coefficient (Wildman–Crippen LogP) is 3.60. The molecular formula is C12H17FN2O2S. The molecule has 1 unspecified atom stereocenters. The van der Waals surface area contributed by atoms with E-state index in [2.05, 4.69) is 5.32 Å². The monoisotopic (exact) mass is 272 g/mol. The summed E-state index contributed by atoms with van der Waals surface area (Å²) >= 11 is 1.67. The summed E-state index contributed by atoms with van der Waals surface area (Å²) in [4.78, 5) is 10.3. The lowest BCUT2D eigenvalue weighted by atomic mass is 10.1. The lowest BCUT2D eigenvalue weighted by Crippen LogP contribution is -2.21. The minimum atomic E-state index is -0.559. The SMILES string of the molecule is CCC(CSC)Nc1cc(C)c(F)cc1[N+](=O)[O-]. The Kier molecular flexibility index (Phi) is 5.40. The van der Waals surface area contributed by atoms with Crippen LogP contribution in [-0.2, 0) is 0 Å². The first-order chi connectivity index (χ1) is 8.49. The molecule has 1 atom stereocenters. The number of hydrogen-bond donors (Lipinski definition) is 1. The van der Waals surface area contributed by atoms with Gasteiger partial charge in [0.25, 0.3) is 5.69 Å². The fourth-order valence-corrected chi connectivity index (χ4v) is 2.34. The van der Waals surface area contributed by atoms with E-state index < -0.39 is 10.7 Å².